The van der Waals surface area contributed by atoms with Gasteiger partial charge in [-0.2, -0.15) is 0 Å². The van der Waals surface area contributed by atoms with E-state index in [4.69, 9.17) is 9.47 Å². The van der Waals surface area contributed by atoms with Crippen molar-refractivity contribution in [1.29, 1.82) is 0 Å². The summed E-state index contributed by atoms with van der Waals surface area (Å²) in [7, 11) is -3.29. The number of benzene rings is 2. The Labute approximate surface area is 265 Å². The van der Waals surface area contributed by atoms with Gasteiger partial charge < -0.3 is 9.47 Å². The van der Waals surface area contributed by atoms with Crippen LogP contribution < -0.4 is 18.9 Å². The molecule has 44 heavy (non-hydrogen) atoms. The molecule has 0 unspecified atom stereocenters. The summed E-state index contributed by atoms with van der Waals surface area (Å²) in [5.74, 6) is 4.38. The van der Waals surface area contributed by atoms with Crippen molar-refractivity contribution in [3.8, 4) is 11.5 Å². The maximum atomic E-state index is 11.3. The summed E-state index contributed by atoms with van der Waals surface area (Å²) in [6.07, 6.45) is 20.9. The molecule has 2 N–H and O–H groups in total. The van der Waals surface area contributed by atoms with Crippen molar-refractivity contribution in [2.45, 2.75) is 65.2 Å². The minimum Gasteiger partial charge on any atom is -0.496 e. The molecule has 2 aliphatic rings. The van der Waals surface area contributed by atoms with Crippen LogP contribution in [0.15, 0.2) is 48.6 Å². The van der Waals surface area contributed by atoms with Crippen LogP contribution in [0.4, 0.5) is 11.4 Å². The molecular formula is C34H50N2O6S2. The third-order valence-electron chi connectivity index (χ3n) is 8.28. The summed E-state index contributed by atoms with van der Waals surface area (Å²) in [4.78, 5) is 0. The number of methoxy groups -OCH3 is 2. The van der Waals surface area contributed by atoms with Crippen molar-refractivity contribution in [2.75, 3.05) is 36.2 Å². The van der Waals surface area contributed by atoms with E-state index >= 15 is 0 Å². The fraction of sp³-hybridized carbons (Fsp3) is 0.529. The largest absolute Gasteiger partial charge is 0.496 e. The van der Waals surface area contributed by atoms with Crippen LogP contribution in [0.5, 0.6) is 11.5 Å². The predicted octanol–water partition coefficient (Wildman–Crippen LogP) is 7.81. The molecule has 2 aliphatic carbocycles. The molecule has 0 aliphatic heterocycles. The number of rotatable bonds is 10. The molecule has 0 radical (unpaired) electrons. The van der Waals surface area contributed by atoms with E-state index in [2.05, 4.69) is 35.4 Å². The van der Waals surface area contributed by atoms with Gasteiger partial charge in [0.05, 0.1) is 26.7 Å². The SMILES string of the molecule is COc1ccc(NS(C)(=O)=O)cc1/C=C/C1CCC(C)CC1.COc1ccc(NS(C)(=O)=O)cc1/C=C/C1CCC(C)CC1. The Morgan fingerprint density at radius 1 is 0.614 bits per heavy atom. The van der Waals surface area contributed by atoms with Gasteiger partial charge in [-0.1, -0.05) is 63.8 Å². The third kappa shape index (κ3) is 12.6. The Morgan fingerprint density at radius 3 is 1.25 bits per heavy atom. The highest BCUT2D eigenvalue weighted by Gasteiger charge is 2.17. The molecule has 0 amide bonds. The topological polar surface area (TPSA) is 111 Å². The quantitative estimate of drug-likeness (QED) is 0.272. The highest BCUT2D eigenvalue weighted by molar-refractivity contribution is 7.92. The summed E-state index contributed by atoms with van der Waals surface area (Å²) in [6.45, 7) is 4.62. The fourth-order valence-electron chi connectivity index (χ4n) is 5.72. The van der Waals surface area contributed by atoms with Crippen molar-refractivity contribution in [3.63, 3.8) is 0 Å². The summed E-state index contributed by atoms with van der Waals surface area (Å²) < 4.78 is 61.1. The van der Waals surface area contributed by atoms with E-state index in [0.717, 1.165) is 47.0 Å². The highest BCUT2D eigenvalue weighted by Crippen LogP contribution is 2.32. The van der Waals surface area contributed by atoms with Crippen LogP contribution in [0, 0.1) is 23.7 Å². The molecule has 0 bridgehead atoms. The second kappa shape index (κ2) is 16.4. The van der Waals surface area contributed by atoms with Gasteiger partial charge in [0.15, 0.2) is 0 Å². The molecule has 0 aromatic heterocycles. The van der Waals surface area contributed by atoms with Gasteiger partial charge >= 0.3 is 0 Å². The van der Waals surface area contributed by atoms with E-state index < -0.39 is 20.0 Å². The Morgan fingerprint density at radius 2 is 0.955 bits per heavy atom. The predicted molar refractivity (Wildman–Crippen MR) is 183 cm³/mol. The number of anilines is 2. The first-order valence-corrected chi connectivity index (χ1v) is 19.2. The first kappa shape index (κ1) is 35.5. The smallest absolute Gasteiger partial charge is 0.229 e. The molecule has 0 spiro atoms. The number of hydrogen-bond donors (Lipinski definition) is 2. The molecule has 10 heteroatoms. The van der Waals surface area contributed by atoms with Gasteiger partial charge in [0, 0.05) is 22.5 Å². The van der Waals surface area contributed by atoms with Gasteiger partial charge in [-0.15, -0.1) is 0 Å². The lowest BCUT2D eigenvalue weighted by molar-refractivity contribution is 0.331. The van der Waals surface area contributed by atoms with Gasteiger partial charge in [-0.25, -0.2) is 16.8 Å². The first-order chi connectivity index (χ1) is 20.7. The Bertz CT molecular complexity index is 1370. The normalized spacial score (nSPS) is 22.7. The second-order valence-electron chi connectivity index (χ2n) is 12.4. The van der Waals surface area contributed by atoms with Crippen molar-refractivity contribution in [1.82, 2.24) is 0 Å². The van der Waals surface area contributed by atoms with Gasteiger partial charge in [0.25, 0.3) is 0 Å². The number of ether oxygens (including phenoxy) is 2. The zero-order valence-corrected chi connectivity index (χ0v) is 28.6. The molecule has 2 saturated carbocycles. The number of nitrogens with one attached hydrogen (secondary N) is 2. The molecule has 0 saturated heterocycles. The summed E-state index contributed by atoms with van der Waals surface area (Å²) in [6, 6.07) is 10.6. The molecule has 2 aromatic rings. The Kier molecular flexibility index (Phi) is 13.2. The van der Waals surface area contributed by atoms with Crippen molar-refractivity contribution in [2.24, 2.45) is 23.7 Å². The van der Waals surface area contributed by atoms with Crippen LogP contribution in [-0.4, -0.2) is 43.6 Å². The lowest BCUT2D eigenvalue weighted by Crippen LogP contribution is -2.10. The van der Waals surface area contributed by atoms with Crippen LogP contribution >= 0.6 is 0 Å². The van der Waals surface area contributed by atoms with Crippen molar-refractivity contribution >= 4 is 43.6 Å². The van der Waals surface area contributed by atoms with E-state index in [1.54, 1.807) is 38.5 Å². The van der Waals surface area contributed by atoms with E-state index in [1.807, 2.05) is 24.3 Å². The monoisotopic (exact) mass is 646 g/mol. The van der Waals surface area contributed by atoms with Crippen LogP contribution in [0.25, 0.3) is 12.2 Å². The Hall–Kier alpha value is -2.98. The van der Waals surface area contributed by atoms with E-state index in [0.29, 0.717) is 23.2 Å². The average molecular weight is 647 g/mol. The maximum absolute atomic E-state index is 11.3. The van der Waals surface area contributed by atoms with Crippen LogP contribution in [0.2, 0.25) is 0 Å². The molecule has 2 aromatic carbocycles. The molecule has 4 rings (SSSR count). The molecular weight excluding hydrogens is 597 g/mol. The molecule has 0 heterocycles. The summed E-state index contributed by atoms with van der Waals surface area (Å²) >= 11 is 0. The van der Waals surface area contributed by atoms with Crippen LogP contribution in [0.3, 0.4) is 0 Å². The summed E-state index contributed by atoms with van der Waals surface area (Å²) in [5, 5.41) is 0. The number of hydrogen-bond acceptors (Lipinski definition) is 6. The zero-order valence-electron chi connectivity index (χ0n) is 27.0. The van der Waals surface area contributed by atoms with E-state index in [1.165, 1.54) is 51.4 Å². The van der Waals surface area contributed by atoms with E-state index in [9.17, 15) is 16.8 Å². The fourth-order valence-corrected chi connectivity index (χ4v) is 6.83. The van der Waals surface area contributed by atoms with E-state index in [-0.39, 0.29) is 0 Å². The minimum atomic E-state index is -3.27. The van der Waals surface area contributed by atoms with Crippen molar-refractivity contribution < 1.29 is 26.3 Å². The highest BCUT2D eigenvalue weighted by atomic mass is 32.2. The molecule has 0 atom stereocenters. The van der Waals surface area contributed by atoms with Gasteiger partial charge in [-0.05, 0) is 85.8 Å². The lowest BCUT2D eigenvalue weighted by atomic mass is 9.83. The zero-order chi connectivity index (χ0) is 32.3. The molecule has 8 nitrogen and oxygen atoms in total. The molecule has 2 fully saturated rings. The number of sulfonamides is 2. The van der Waals surface area contributed by atoms with Crippen LogP contribution in [0.1, 0.15) is 76.3 Å². The average Bonchev–Trinajstić information content (AvgIpc) is 2.95. The maximum Gasteiger partial charge on any atom is 0.229 e. The second-order valence-corrected chi connectivity index (χ2v) is 15.9. The van der Waals surface area contributed by atoms with Crippen molar-refractivity contribution in [3.05, 3.63) is 59.7 Å². The standard InChI is InChI=1S/2C17H25NO3S/c2*1-13-4-6-14(7-5-13)8-9-15-12-16(18-22(3,19)20)10-11-17(15)21-2/h2*8-14,18H,4-7H2,1-3H3/b2*9-8+. The molecule has 244 valence electrons. The number of allylic oxidation sites excluding steroid dienone is 2. The summed E-state index contributed by atoms with van der Waals surface area (Å²) in [5.41, 5.74) is 2.91. The van der Waals surface area contributed by atoms with Gasteiger partial charge in [-0.3, -0.25) is 9.44 Å². The van der Waals surface area contributed by atoms with Crippen LogP contribution in [-0.2, 0) is 20.0 Å². The van der Waals surface area contributed by atoms with Gasteiger partial charge in [0.2, 0.25) is 20.0 Å². The lowest BCUT2D eigenvalue weighted by Gasteiger charge is -2.23. The minimum absolute atomic E-state index is 0.556. The third-order valence-corrected chi connectivity index (χ3v) is 9.50. The first-order valence-electron chi connectivity index (χ1n) is 15.4. The van der Waals surface area contributed by atoms with Gasteiger partial charge in [0.1, 0.15) is 11.5 Å². The Balaban J connectivity index is 0.000000240.